The predicted molar refractivity (Wildman–Crippen MR) is 79.2 cm³/mol. The number of hydrazine groups is 1. The number of hydrogen-bond acceptors (Lipinski definition) is 4. The molecule has 112 valence electrons. The van der Waals surface area contributed by atoms with Crippen molar-refractivity contribution in [3.05, 3.63) is 45.9 Å². The van der Waals surface area contributed by atoms with Gasteiger partial charge in [-0.15, -0.1) is 0 Å². The van der Waals surface area contributed by atoms with Gasteiger partial charge in [0.05, 0.1) is 5.56 Å². The molecule has 0 unspecified atom stereocenters. The average molecular weight is 361 g/mol. The van der Waals surface area contributed by atoms with Crippen LogP contribution >= 0.6 is 15.9 Å². The Morgan fingerprint density at radius 3 is 2.38 bits per heavy atom. The number of halogens is 4. The molecule has 0 fully saturated rings. The van der Waals surface area contributed by atoms with Crippen molar-refractivity contribution in [1.82, 2.24) is 4.98 Å². The topological polar surface area (TPSA) is 63.0 Å². The molecule has 0 spiro atoms. The van der Waals surface area contributed by atoms with Crippen molar-refractivity contribution in [2.45, 2.75) is 13.1 Å². The summed E-state index contributed by atoms with van der Waals surface area (Å²) in [6.07, 6.45) is -4.47. The number of anilines is 3. The minimum atomic E-state index is -4.47. The largest absolute Gasteiger partial charge is 0.416 e. The van der Waals surface area contributed by atoms with Crippen molar-refractivity contribution >= 4 is 33.3 Å². The van der Waals surface area contributed by atoms with Gasteiger partial charge < -0.3 is 10.7 Å². The Morgan fingerprint density at radius 1 is 1.14 bits per heavy atom. The molecule has 0 atom stereocenters. The van der Waals surface area contributed by atoms with Crippen LogP contribution < -0.4 is 16.6 Å². The second kappa shape index (κ2) is 5.90. The first-order valence-corrected chi connectivity index (χ1v) is 6.68. The smallest absolute Gasteiger partial charge is 0.340 e. The zero-order valence-corrected chi connectivity index (χ0v) is 12.5. The first-order valence-electron chi connectivity index (χ1n) is 5.88. The van der Waals surface area contributed by atoms with E-state index in [-0.39, 0.29) is 11.6 Å². The molecule has 0 saturated heterocycles. The van der Waals surface area contributed by atoms with E-state index in [2.05, 4.69) is 31.7 Å². The number of nitrogens with two attached hydrogens (primary N) is 1. The van der Waals surface area contributed by atoms with Gasteiger partial charge in [0.2, 0.25) is 0 Å². The number of benzene rings is 1. The van der Waals surface area contributed by atoms with Gasteiger partial charge in [-0.1, -0.05) is 15.9 Å². The summed E-state index contributed by atoms with van der Waals surface area (Å²) in [4.78, 5) is 3.97. The number of alkyl halides is 3. The molecule has 0 bridgehead atoms. The first-order chi connectivity index (χ1) is 9.79. The normalized spacial score (nSPS) is 11.3. The van der Waals surface area contributed by atoms with E-state index in [0.29, 0.717) is 5.69 Å². The number of nitrogens with one attached hydrogen (secondary N) is 2. The fourth-order valence-corrected chi connectivity index (χ4v) is 2.21. The maximum Gasteiger partial charge on any atom is 0.416 e. The highest BCUT2D eigenvalue weighted by Crippen LogP contribution is 2.33. The molecule has 0 aliphatic rings. The van der Waals surface area contributed by atoms with Crippen molar-refractivity contribution in [2.75, 3.05) is 10.7 Å². The van der Waals surface area contributed by atoms with Gasteiger partial charge in [-0.2, -0.15) is 13.2 Å². The van der Waals surface area contributed by atoms with Gasteiger partial charge in [0.25, 0.3) is 0 Å². The lowest BCUT2D eigenvalue weighted by atomic mass is 10.2. The summed E-state index contributed by atoms with van der Waals surface area (Å²) in [5, 5.41) is 2.86. The van der Waals surface area contributed by atoms with E-state index in [1.165, 1.54) is 0 Å². The van der Waals surface area contributed by atoms with Gasteiger partial charge in [0.15, 0.2) is 0 Å². The van der Waals surface area contributed by atoms with Crippen LogP contribution in [0.25, 0.3) is 0 Å². The van der Waals surface area contributed by atoms with Crippen LogP contribution in [0.2, 0.25) is 0 Å². The van der Waals surface area contributed by atoms with Gasteiger partial charge in [-0.05, 0) is 42.8 Å². The van der Waals surface area contributed by atoms with Crippen LogP contribution in [0.3, 0.4) is 0 Å². The number of aryl methyl sites for hydroxylation is 1. The molecular weight excluding hydrogens is 349 g/mol. The lowest BCUT2D eigenvalue weighted by Crippen LogP contribution is -2.13. The molecule has 2 aromatic rings. The van der Waals surface area contributed by atoms with Gasteiger partial charge in [-0.25, -0.2) is 10.8 Å². The maximum atomic E-state index is 12.8. The van der Waals surface area contributed by atoms with Crippen LogP contribution in [0.15, 0.2) is 34.8 Å². The number of hydrogen-bond donors (Lipinski definition) is 3. The molecule has 1 aromatic carbocycles. The second-order valence-electron chi connectivity index (χ2n) is 4.35. The van der Waals surface area contributed by atoms with Crippen molar-refractivity contribution in [2.24, 2.45) is 5.84 Å². The van der Waals surface area contributed by atoms with Crippen LogP contribution in [0.1, 0.15) is 11.1 Å². The van der Waals surface area contributed by atoms with E-state index in [4.69, 9.17) is 5.84 Å². The average Bonchev–Trinajstić information content (AvgIpc) is 2.40. The zero-order valence-electron chi connectivity index (χ0n) is 10.9. The Morgan fingerprint density at radius 2 is 1.81 bits per heavy atom. The summed E-state index contributed by atoms with van der Waals surface area (Å²) < 4.78 is 39.4. The Bertz CT molecular complexity index is 658. The molecule has 0 radical (unpaired) electrons. The van der Waals surface area contributed by atoms with Gasteiger partial charge >= 0.3 is 6.18 Å². The third-order valence-electron chi connectivity index (χ3n) is 2.75. The van der Waals surface area contributed by atoms with Gasteiger partial charge in [-0.3, -0.25) is 0 Å². The van der Waals surface area contributed by atoms with E-state index < -0.39 is 11.7 Å². The van der Waals surface area contributed by atoms with Crippen molar-refractivity contribution < 1.29 is 13.2 Å². The van der Waals surface area contributed by atoms with E-state index in [0.717, 1.165) is 22.2 Å². The molecule has 4 nitrogen and oxygen atoms in total. The lowest BCUT2D eigenvalue weighted by Gasteiger charge is -2.13. The second-order valence-corrected chi connectivity index (χ2v) is 5.27. The number of nitrogen functional groups attached to an aromatic ring is 1. The standard InChI is InChI=1S/C13H12BrF3N4/c1-7-4-9(14)2-3-10(7)19-11-5-8(13(15,16)17)6-12(20-11)21-18/h2-6H,18H2,1H3,(H2,19,20,21). The summed E-state index contributed by atoms with van der Waals surface area (Å²) in [5.41, 5.74) is 2.83. The minimum Gasteiger partial charge on any atom is -0.340 e. The Labute approximate surface area is 127 Å². The summed E-state index contributed by atoms with van der Waals surface area (Å²) in [5.74, 6) is 5.15. The van der Waals surface area contributed by atoms with Crippen molar-refractivity contribution in [3.63, 3.8) is 0 Å². The van der Waals surface area contributed by atoms with Crippen LogP contribution in [0, 0.1) is 6.92 Å². The first kappa shape index (κ1) is 15.6. The molecular formula is C13H12BrF3N4. The predicted octanol–water partition coefficient (Wildman–Crippen LogP) is 4.20. The van der Waals surface area contributed by atoms with Crippen LogP contribution in [0.5, 0.6) is 0 Å². The van der Waals surface area contributed by atoms with Crippen LogP contribution in [-0.4, -0.2) is 4.98 Å². The molecule has 2 rings (SSSR count). The molecule has 0 amide bonds. The molecule has 4 N–H and O–H groups in total. The number of pyridine rings is 1. The van der Waals surface area contributed by atoms with Crippen LogP contribution in [-0.2, 0) is 6.18 Å². The minimum absolute atomic E-state index is 0.0585. The van der Waals surface area contributed by atoms with Gasteiger partial charge in [0.1, 0.15) is 11.6 Å². The monoisotopic (exact) mass is 360 g/mol. The van der Waals surface area contributed by atoms with Crippen LogP contribution in [0.4, 0.5) is 30.5 Å². The van der Waals surface area contributed by atoms with Gasteiger partial charge in [0, 0.05) is 10.2 Å². The fourth-order valence-electron chi connectivity index (χ4n) is 1.74. The SMILES string of the molecule is Cc1cc(Br)ccc1Nc1cc(C(F)(F)F)cc(NN)n1. The Balaban J connectivity index is 2.39. The number of rotatable bonds is 3. The molecule has 0 aliphatic carbocycles. The Hall–Kier alpha value is -1.80. The van der Waals surface area contributed by atoms with E-state index >= 15 is 0 Å². The lowest BCUT2D eigenvalue weighted by molar-refractivity contribution is -0.137. The number of aromatic nitrogens is 1. The molecule has 0 saturated carbocycles. The third-order valence-corrected chi connectivity index (χ3v) is 3.24. The summed E-state index contributed by atoms with van der Waals surface area (Å²) in [7, 11) is 0. The van der Waals surface area contributed by atoms with E-state index in [9.17, 15) is 13.2 Å². The molecule has 1 heterocycles. The molecule has 21 heavy (non-hydrogen) atoms. The highest BCUT2D eigenvalue weighted by atomic mass is 79.9. The Kier molecular flexibility index (Phi) is 4.38. The van der Waals surface area contributed by atoms with Crippen molar-refractivity contribution in [3.8, 4) is 0 Å². The maximum absolute atomic E-state index is 12.8. The summed E-state index contributed by atoms with van der Waals surface area (Å²) >= 11 is 3.32. The van der Waals surface area contributed by atoms with Crippen molar-refractivity contribution in [1.29, 1.82) is 0 Å². The summed E-state index contributed by atoms with van der Waals surface area (Å²) in [6, 6.07) is 7.15. The highest BCUT2D eigenvalue weighted by Gasteiger charge is 2.31. The fraction of sp³-hybridized carbons (Fsp3) is 0.154. The molecule has 0 aliphatic heterocycles. The quantitative estimate of drug-likeness (QED) is 0.566. The van der Waals surface area contributed by atoms with E-state index in [1.807, 2.05) is 13.0 Å². The highest BCUT2D eigenvalue weighted by molar-refractivity contribution is 9.10. The van der Waals surface area contributed by atoms with E-state index in [1.54, 1.807) is 12.1 Å². The molecule has 8 heteroatoms. The summed E-state index contributed by atoms with van der Waals surface area (Å²) in [6.45, 7) is 1.84. The zero-order chi connectivity index (χ0) is 15.6. The number of nitrogens with zero attached hydrogens (tertiary/aromatic N) is 1. The molecule has 1 aromatic heterocycles. The third kappa shape index (κ3) is 3.85.